The van der Waals surface area contributed by atoms with E-state index in [1.165, 1.54) is 0 Å². The van der Waals surface area contributed by atoms with Crippen LogP contribution in [0.2, 0.25) is 0 Å². The van der Waals surface area contributed by atoms with Gasteiger partial charge in [-0.3, -0.25) is 4.79 Å². The van der Waals surface area contributed by atoms with Crippen molar-refractivity contribution in [1.29, 1.82) is 0 Å². The first-order valence-corrected chi connectivity index (χ1v) is 8.02. The van der Waals surface area contributed by atoms with Crippen molar-refractivity contribution in [3.8, 4) is 5.75 Å². The molecule has 0 fully saturated rings. The molecule has 1 N–H and O–H groups in total. The molecule has 5 heteroatoms. The summed E-state index contributed by atoms with van der Waals surface area (Å²) >= 11 is 0. The van der Waals surface area contributed by atoms with Crippen molar-refractivity contribution in [2.24, 2.45) is 0 Å². The first kappa shape index (κ1) is 16.2. The summed E-state index contributed by atoms with van der Waals surface area (Å²) in [5.41, 5.74) is 1.25. The molecule has 126 valence electrons. The Morgan fingerprint density at radius 3 is 2.71 bits per heavy atom. The lowest BCUT2D eigenvalue weighted by Gasteiger charge is -2.10. The molecule has 0 saturated heterocycles. The number of rotatable bonds is 5. The van der Waals surface area contributed by atoms with Gasteiger partial charge in [0.1, 0.15) is 17.3 Å². The van der Waals surface area contributed by atoms with E-state index in [1.807, 2.05) is 45.0 Å². The van der Waals surface area contributed by atoms with Gasteiger partial charge in [-0.1, -0.05) is 12.1 Å². The van der Waals surface area contributed by atoms with Gasteiger partial charge in [0, 0.05) is 5.39 Å². The average molecular weight is 327 g/mol. The first-order chi connectivity index (χ1) is 11.5. The topological polar surface area (TPSA) is 64.6 Å². The average Bonchev–Trinajstić information content (AvgIpc) is 3.11. The van der Waals surface area contributed by atoms with E-state index in [-0.39, 0.29) is 11.9 Å². The van der Waals surface area contributed by atoms with Gasteiger partial charge in [-0.05, 0) is 45.9 Å². The van der Waals surface area contributed by atoms with E-state index in [0.29, 0.717) is 35.0 Å². The number of furan rings is 2. The molecular weight excluding hydrogens is 306 g/mol. The molecule has 0 radical (unpaired) electrons. The number of para-hydroxylation sites is 1. The standard InChI is InChI=1S/C19H21NO4/c1-5-22-16-8-6-7-14-10-17(24-18(14)16)12(3)20-19(21)15-9-11(2)23-13(15)4/h6-10,12H,5H2,1-4H3,(H,20,21)/t12-/m1/s1. The van der Waals surface area contributed by atoms with Crippen LogP contribution in [0.3, 0.4) is 0 Å². The highest BCUT2D eigenvalue weighted by molar-refractivity contribution is 5.95. The van der Waals surface area contributed by atoms with Crippen molar-refractivity contribution in [2.75, 3.05) is 6.61 Å². The third-order valence-corrected chi connectivity index (χ3v) is 3.89. The summed E-state index contributed by atoms with van der Waals surface area (Å²) in [6.07, 6.45) is 0. The Kier molecular flexibility index (Phi) is 4.34. The number of hydrogen-bond donors (Lipinski definition) is 1. The minimum absolute atomic E-state index is 0.178. The molecule has 3 rings (SSSR count). The molecule has 0 aliphatic carbocycles. The second-order valence-electron chi connectivity index (χ2n) is 5.78. The summed E-state index contributed by atoms with van der Waals surface area (Å²) in [5, 5.41) is 3.90. The lowest BCUT2D eigenvalue weighted by molar-refractivity contribution is 0.0934. The smallest absolute Gasteiger partial charge is 0.255 e. The minimum atomic E-state index is -0.269. The lowest BCUT2D eigenvalue weighted by atomic mass is 10.2. The van der Waals surface area contributed by atoms with E-state index in [4.69, 9.17) is 13.6 Å². The number of benzene rings is 1. The molecular formula is C19H21NO4. The van der Waals surface area contributed by atoms with Gasteiger partial charge in [-0.25, -0.2) is 0 Å². The van der Waals surface area contributed by atoms with Crippen LogP contribution in [0, 0.1) is 13.8 Å². The van der Waals surface area contributed by atoms with Crippen molar-refractivity contribution in [3.63, 3.8) is 0 Å². The van der Waals surface area contributed by atoms with Crippen molar-refractivity contribution >= 4 is 16.9 Å². The van der Waals surface area contributed by atoms with E-state index in [2.05, 4.69) is 5.32 Å². The fourth-order valence-electron chi connectivity index (χ4n) is 2.74. The Bertz CT molecular complexity index is 875. The van der Waals surface area contributed by atoms with E-state index in [0.717, 1.165) is 11.1 Å². The Morgan fingerprint density at radius 2 is 2.04 bits per heavy atom. The van der Waals surface area contributed by atoms with Crippen LogP contribution in [0.4, 0.5) is 0 Å². The van der Waals surface area contributed by atoms with Crippen LogP contribution < -0.4 is 10.1 Å². The van der Waals surface area contributed by atoms with Gasteiger partial charge in [0.2, 0.25) is 0 Å². The molecule has 2 heterocycles. The minimum Gasteiger partial charge on any atom is -0.490 e. The van der Waals surface area contributed by atoms with Gasteiger partial charge in [0.25, 0.3) is 5.91 Å². The number of aryl methyl sites for hydroxylation is 2. The summed E-state index contributed by atoms with van der Waals surface area (Å²) in [6, 6.07) is 9.16. The number of carbonyl (C=O) groups is 1. The molecule has 1 aromatic carbocycles. The Morgan fingerprint density at radius 1 is 1.25 bits per heavy atom. The summed E-state index contributed by atoms with van der Waals surface area (Å²) in [5.74, 6) is 2.54. The highest BCUT2D eigenvalue weighted by atomic mass is 16.5. The molecule has 0 bridgehead atoms. The monoisotopic (exact) mass is 327 g/mol. The molecule has 0 saturated carbocycles. The van der Waals surface area contributed by atoms with Crippen LogP contribution in [0.1, 0.15) is 47.5 Å². The molecule has 1 atom stereocenters. The molecule has 2 aromatic heterocycles. The van der Waals surface area contributed by atoms with Crippen LogP contribution in [0.15, 0.2) is 39.2 Å². The molecule has 3 aromatic rings. The molecule has 0 aliphatic rings. The van der Waals surface area contributed by atoms with E-state index in [1.54, 1.807) is 13.0 Å². The van der Waals surface area contributed by atoms with Crippen LogP contribution in [0.5, 0.6) is 5.75 Å². The number of ether oxygens (including phenoxy) is 1. The Labute approximate surface area is 140 Å². The fraction of sp³-hybridized carbons (Fsp3) is 0.316. The number of hydrogen-bond acceptors (Lipinski definition) is 4. The molecule has 5 nitrogen and oxygen atoms in total. The van der Waals surface area contributed by atoms with Gasteiger partial charge in [-0.15, -0.1) is 0 Å². The largest absolute Gasteiger partial charge is 0.490 e. The highest BCUT2D eigenvalue weighted by Gasteiger charge is 2.19. The first-order valence-electron chi connectivity index (χ1n) is 8.02. The van der Waals surface area contributed by atoms with E-state index in [9.17, 15) is 4.79 Å². The van der Waals surface area contributed by atoms with Gasteiger partial charge in [0.05, 0.1) is 18.2 Å². The van der Waals surface area contributed by atoms with E-state index >= 15 is 0 Å². The Balaban J connectivity index is 1.83. The van der Waals surface area contributed by atoms with Crippen molar-refractivity contribution in [1.82, 2.24) is 5.32 Å². The second-order valence-corrected chi connectivity index (χ2v) is 5.78. The molecule has 0 spiro atoms. The van der Waals surface area contributed by atoms with E-state index < -0.39 is 0 Å². The number of fused-ring (bicyclic) bond motifs is 1. The van der Waals surface area contributed by atoms with Crippen LogP contribution >= 0.6 is 0 Å². The van der Waals surface area contributed by atoms with Gasteiger partial charge in [-0.2, -0.15) is 0 Å². The highest BCUT2D eigenvalue weighted by Crippen LogP contribution is 2.31. The summed E-state index contributed by atoms with van der Waals surface area (Å²) in [4.78, 5) is 12.4. The third kappa shape index (κ3) is 3.02. The molecule has 0 aliphatic heterocycles. The number of carbonyl (C=O) groups excluding carboxylic acids is 1. The fourth-order valence-corrected chi connectivity index (χ4v) is 2.74. The predicted molar refractivity (Wildman–Crippen MR) is 91.4 cm³/mol. The zero-order valence-electron chi connectivity index (χ0n) is 14.3. The van der Waals surface area contributed by atoms with Crippen LogP contribution in [-0.2, 0) is 0 Å². The normalized spacial score (nSPS) is 12.3. The maximum atomic E-state index is 12.4. The van der Waals surface area contributed by atoms with Gasteiger partial charge < -0.3 is 18.9 Å². The molecule has 0 unspecified atom stereocenters. The second kappa shape index (κ2) is 6.43. The zero-order valence-corrected chi connectivity index (χ0v) is 14.3. The summed E-state index contributed by atoms with van der Waals surface area (Å²) in [6.45, 7) is 7.99. The molecule has 1 amide bonds. The Hall–Kier alpha value is -2.69. The van der Waals surface area contributed by atoms with Crippen molar-refractivity contribution in [3.05, 3.63) is 53.2 Å². The number of nitrogens with one attached hydrogen (secondary N) is 1. The molecule has 24 heavy (non-hydrogen) atoms. The van der Waals surface area contributed by atoms with Crippen LogP contribution in [0.25, 0.3) is 11.0 Å². The van der Waals surface area contributed by atoms with Crippen molar-refractivity contribution < 1.29 is 18.4 Å². The van der Waals surface area contributed by atoms with Crippen LogP contribution in [-0.4, -0.2) is 12.5 Å². The van der Waals surface area contributed by atoms with Gasteiger partial charge in [0.15, 0.2) is 11.3 Å². The lowest BCUT2D eigenvalue weighted by Crippen LogP contribution is -2.26. The van der Waals surface area contributed by atoms with Crippen molar-refractivity contribution in [2.45, 2.75) is 33.7 Å². The third-order valence-electron chi connectivity index (χ3n) is 3.89. The zero-order chi connectivity index (χ0) is 17.3. The SMILES string of the molecule is CCOc1cccc2cc([C@@H](C)NC(=O)c3cc(C)oc3C)oc12. The summed E-state index contributed by atoms with van der Waals surface area (Å²) < 4.78 is 16.9. The maximum Gasteiger partial charge on any atom is 0.255 e. The predicted octanol–water partition coefficient (Wildman–Crippen LogP) is 4.53. The number of amides is 1. The maximum absolute atomic E-state index is 12.4. The van der Waals surface area contributed by atoms with Gasteiger partial charge >= 0.3 is 0 Å². The quantitative estimate of drug-likeness (QED) is 0.747. The summed E-state index contributed by atoms with van der Waals surface area (Å²) in [7, 11) is 0.